The smallest absolute Gasteiger partial charge is 0.285 e. The van der Waals surface area contributed by atoms with Crippen LogP contribution in [0.15, 0.2) is 18.2 Å². The summed E-state index contributed by atoms with van der Waals surface area (Å²) in [4.78, 5) is 0. The highest BCUT2D eigenvalue weighted by Gasteiger charge is 2.32. The van der Waals surface area contributed by atoms with Crippen LogP contribution >= 0.6 is 0 Å². The molecule has 5 heteroatoms. The first-order chi connectivity index (χ1) is 8.49. The van der Waals surface area contributed by atoms with Crippen molar-refractivity contribution in [2.24, 2.45) is 0 Å². The molecule has 0 amide bonds. The van der Waals surface area contributed by atoms with Crippen molar-refractivity contribution in [2.75, 3.05) is 19.8 Å². The van der Waals surface area contributed by atoms with Crippen LogP contribution in [0, 0.1) is 0 Å². The molecule has 0 radical (unpaired) electrons. The van der Waals surface area contributed by atoms with Gasteiger partial charge in [-0.25, -0.2) is 0 Å². The number of nitrogens with one attached hydrogen (secondary N) is 1. The summed E-state index contributed by atoms with van der Waals surface area (Å²) >= 11 is 0. The van der Waals surface area contributed by atoms with Crippen molar-refractivity contribution in [3.8, 4) is 11.5 Å². The molecule has 0 aliphatic carbocycles. The first kappa shape index (κ1) is 13.1. The van der Waals surface area contributed by atoms with Crippen LogP contribution < -0.4 is 14.8 Å². The quantitative estimate of drug-likeness (QED) is 0.899. The molecular weight excluding hydrogens is 240 g/mol. The van der Waals surface area contributed by atoms with Crippen molar-refractivity contribution < 1.29 is 18.3 Å². The minimum absolute atomic E-state index is 0.0214. The zero-order valence-electron chi connectivity index (χ0n) is 10.5. The Bertz CT molecular complexity index is 421. The summed E-state index contributed by atoms with van der Waals surface area (Å²) in [5.74, 6) is -2.00. The average molecular weight is 257 g/mol. The van der Waals surface area contributed by atoms with E-state index in [4.69, 9.17) is 9.47 Å². The van der Waals surface area contributed by atoms with Gasteiger partial charge in [0.2, 0.25) is 0 Å². The molecule has 0 aromatic heterocycles. The molecular formula is C13H17F2NO2. The van der Waals surface area contributed by atoms with E-state index in [1.807, 2.05) is 13.8 Å². The van der Waals surface area contributed by atoms with Crippen molar-refractivity contribution in [1.82, 2.24) is 5.32 Å². The Hall–Kier alpha value is -1.36. The summed E-state index contributed by atoms with van der Waals surface area (Å²) in [7, 11) is 0. The fourth-order valence-corrected chi connectivity index (χ4v) is 1.71. The van der Waals surface area contributed by atoms with Gasteiger partial charge >= 0.3 is 0 Å². The molecule has 0 fully saturated rings. The fraction of sp³-hybridized carbons (Fsp3) is 0.538. The standard InChI is InChI=1S/C13H17F2NO2/c1-9(2)16-8-13(14,15)10-3-4-11-12(7-10)18-6-5-17-11/h3-4,7,9,16H,5-6,8H2,1-2H3. The predicted octanol–water partition coefficient (Wildman–Crippen LogP) is 2.55. The van der Waals surface area contributed by atoms with Gasteiger partial charge in [-0.05, 0) is 18.2 Å². The number of rotatable bonds is 4. The summed E-state index contributed by atoms with van der Waals surface area (Å²) in [6.07, 6.45) is 0. The summed E-state index contributed by atoms with van der Waals surface area (Å²) in [5, 5.41) is 2.74. The van der Waals surface area contributed by atoms with Crippen LogP contribution in [0.1, 0.15) is 19.4 Å². The maximum absolute atomic E-state index is 13.9. The van der Waals surface area contributed by atoms with Crippen molar-refractivity contribution >= 4 is 0 Å². The number of hydrogen-bond acceptors (Lipinski definition) is 3. The van der Waals surface area contributed by atoms with Crippen molar-refractivity contribution in [1.29, 1.82) is 0 Å². The number of alkyl halides is 2. The lowest BCUT2D eigenvalue weighted by molar-refractivity contribution is -0.00527. The molecule has 0 spiro atoms. The van der Waals surface area contributed by atoms with Gasteiger partial charge in [0.15, 0.2) is 11.5 Å². The van der Waals surface area contributed by atoms with E-state index in [0.29, 0.717) is 24.7 Å². The lowest BCUT2D eigenvalue weighted by Gasteiger charge is -2.23. The fourth-order valence-electron chi connectivity index (χ4n) is 1.71. The van der Waals surface area contributed by atoms with E-state index >= 15 is 0 Å². The number of ether oxygens (including phenoxy) is 2. The molecule has 0 bridgehead atoms. The van der Waals surface area contributed by atoms with Gasteiger partial charge in [-0.1, -0.05) is 13.8 Å². The molecule has 1 aromatic rings. The van der Waals surface area contributed by atoms with E-state index in [1.54, 1.807) is 0 Å². The monoisotopic (exact) mass is 257 g/mol. The van der Waals surface area contributed by atoms with Gasteiger partial charge in [-0.2, -0.15) is 8.78 Å². The maximum Gasteiger partial charge on any atom is 0.285 e. The number of halogens is 2. The minimum Gasteiger partial charge on any atom is -0.486 e. The third-order valence-electron chi connectivity index (χ3n) is 2.70. The molecule has 0 saturated carbocycles. The Balaban J connectivity index is 2.16. The molecule has 1 heterocycles. The summed E-state index contributed by atoms with van der Waals surface area (Å²) in [6.45, 7) is 4.13. The van der Waals surface area contributed by atoms with Gasteiger partial charge in [-0.15, -0.1) is 0 Å². The topological polar surface area (TPSA) is 30.5 Å². The van der Waals surface area contributed by atoms with Gasteiger partial charge in [0.1, 0.15) is 13.2 Å². The molecule has 1 aliphatic heterocycles. The number of hydrogen-bond donors (Lipinski definition) is 1. The molecule has 0 atom stereocenters. The van der Waals surface area contributed by atoms with Crippen LogP contribution in [0.25, 0.3) is 0 Å². The van der Waals surface area contributed by atoms with Gasteiger partial charge in [0.05, 0.1) is 6.54 Å². The highest BCUT2D eigenvalue weighted by Crippen LogP contribution is 2.36. The third-order valence-corrected chi connectivity index (χ3v) is 2.70. The lowest BCUT2D eigenvalue weighted by Crippen LogP contribution is -2.35. The third kappa shape index (κ3) is 2.90. The predicted molar refractivity (Wildman–Crippen MR) is 64.5 cm³/mol. The van der Waals surface area contributed by atoms with E-state index in [-0.39, 0.29) is 18.2 Å². The lowest BCUT2D eigenvalue weighted by atomic mass is 10.1. The zero-order valence-corrected chi connectivity index (χ0v) is 10.5. The van der Waals surface area contributed by atoms with Gasteiger partial charge < -0.3 is 14.8 Å². The zero-order chi connectivity index (χ0) is 13.2. The summed E-state index contributed by atoms with van der Waals surface area (Å²) in [6, 6.07) is 4.30. The molecule has 1 N–H and O–H groups in total. The second-order valence-corrected chi connectivity index (χ2v) is 4.60. The van der Waals surface area contributed by atoms with Crippen LogP contribution in [0.3, 0.4) is 0 Å². The first-order valence-corrected chi connectivity index (χ1v) is 6.00. The van der Waals surface area contributed by atoms with Crippen LogP contribution in [0.2, 0.25) is 0 Å². The molecule has 2 rings (SSSR count). The number of benzene rings is 1. The minimum atomic E-state index is -2.92. The molecule has 1 aromatic carbocycles. The van der Waals surface area contributed by atoms with E-state index < -0.39 is 5.92 Å². The van der Waals surface area contributed by atoms with Crippen LogP contribution in [-0.4, -0.2) is 25.8 Å². The van der Waals surface area contributed by atoms with Crippen LogP contribution in [0.5, 0.6) is 11.5 Å². The van der Waals surface area contributed by atoms with Crippen LogP contribution in [-0.2, 0) is 5.92 Å². The second-order valence-electron chi connectivity index (χ2n) is 4.60. The largest absolute Gasteiger partial charge is 0.486 e. The Morgan fingerprint density at radius 3 is 2.56 bits per heavy atom. The Kier molecular flexibility index (Phi) is 3.71. The molecule has 18 heavy (non-hydrogen) atoms. The maximum atomic E-state index is 13.9. The summed E-state index contributed by atoms with van der Waals surface area (Å²) < 4.78 is 38.5. The Labute approximate surface area is 105 Å². The molecule has 3 nitrogen and oxygen atoms in total. The van der Waals surface area contributed by atoms with E-state index in [9.17, 15) is 8.78 Å². The Morgan fingerprint density at radius 1 is 1.22 bits per heavy atom. The molecule has 0 unspecified atom stereocenters. The first-order valence-electron chi connectivity index (χ1n) is 6.00. The molecule has 1 aliphatic rings. The summed E-state index contributed by atoms with van der Waals surface area (Å²) in [5.41, 5.74) is -0.0556. The SMILES string of the molecule is CC(C)NCC(F)(F)c1ccc2c(c1)OCCO2. The Morgan fingerprint density at radius 2 is 1.89 bits per heavy atom. The van der Waals surface area contributed by atoms with Crippen LogP contribution in [0.4, 0.5) is 8.78 Å². The highest BCUT2D eigenvalue weighted by molar-refractivity contribution is 5.45. The van der Waals surface area contributed by atoms with Crippen molar-refractivity contribution in [3.05, 3.63) is 23.8 Å². The van der Waals surface area contributed by atoms with E-state index in [2.05, 4.69) is 5.32 Å². The highest BCUT2D eigenvalue weighted by atomic mass is 19.3. The van der Waals surface area contributed by atoms with Crippen molar-refractivity contribution in [2.45, 2.75) is 25.8 Å². The van der Waals surface area contributed by atoms with E-state index in [0.717, 1.165) is 0 Å². The second kappa shape index (κ2) is 5.10. The van der Waals surface area contributed by atoms with E-state index in [1.165, 1.54) is 18.2 Å². The van der Waals surface area contributed by atoms with Crippen molar-refractivity contribution in [3.63, 3.8) is 0 Å². The van der Waals surface area contributed by atoms with Gasteiger partial charge in [0.25, 0.3) is 5.92 Å². The average Bonchev–Trinajstić information content (AvgIpc) is 2.36. The number of fused-ring (bicyclic) bond motifs is 1. The molecule has 0 saturated heterocycles. The van der Waals surface area contributed by atoms with Gasteiger partial charge in [0, 0.05) is 11.6 Å². The van der Waals surface area contributed by atoms with Gasteiger partial charge in [-0.3, -0.25) is 0 Å². The molecule has 100 valence electrons. The normalized spacial score (nSPS) is 14.9.